The molecular formula is C25H20BrCl2N3O3. The Kier molecular flexibility index (Phi) is 7.56. The summed E-state index contributed by atoms with van der Waals surface area (Å²) < 4.78 is 13.6. The highest BCUT2D eigenvalue weighted by atomic mass is 79.9. The van der Waals surface area contributed by atoms with Gasteiger partial charge in [0.25, 0.3) is 5.56 Å². The summed E-state index contributed by atoms with van der Waals surface area (Å²) in [5.41, 5.74) is 1.84. The van der Waals surface area contributed by atoms with E-state index in [9.17, 15) is 4.79 Å². The summed E-state index contributed by atoms with van der Waals surface area (Å²) in [6.07, 6.45) is 2.05. The highest BCUT2D eigenvalue weighted by Crippen LogP contribution is 2.34. The molecule has 0 aliphatic rings. The van der Waals surface area contributed by atoms with Gasteiger partial charge in [0.2, 0.25) is 0 Å². The van der Waals surface area contributed by atoms with E-state index in [1.165, 1.54) is 18.0 Å². The summed E-state index contributed by atoms with van der Waals surface area (Å²) in [4.78, 5) is 17.8. The summed E-state index contributed by atoms with van der Waals surface area (Å²) in [7, 11) is 1.53. The van der Waals surface area contributed by atoms with E-state index in [0.29, 0.717) is 50.3 Å². The third-order valence-electron chi connectivity index (χ3n) is 5.07. The minimum atomic E-state index is -0.267. The SMILES string of the molecule is CCc1nc2ccc(Br)cc2c(=O)n1N=Cc1cc(Cl)cc(OC)c1OCc1ccc(Cl)cc1. The first-order chi connectivity index (χ1) is 16.4. The van der Waals surface area contributed by atoms with Crippen molar-refractivity contribution in [2.24, 2.45) is 5.10 Å². The van der Waals surface area contributed by atoms with Crippen LogP contribution >= 0.6 is 39.1 Å². The van der Waals surface area contributed by atoms with Crippen LogP contribution in [0.3, 0.4) is 0 Å². The molecule has 174 valence electrons. The number of methoxy groups -OCH3 is 1. The van der Waals surface area contributed by atoms with Gasteiger partial charge >= 0.3 is 0 Å². The first-order valence-electron chi connectivity index (χ1n) is 10.4. The quantitative estimate of drug-likeness (QED) is 0.242. The maximum atomic E-state index is 13.2. The maximum absolute atomic E-state index is 13.2. The molecule has 0 unspecified atom stereocenters. The summed E-state index contributed by atoms with van der Waals surface area (Å²) in [5, 5.41) is 6.02. The average molecular weight is 561 g/mol. The van der Waals surface area contributed by atoms with E-state index in [4.69, 9.17) is 32.7 Å². The van der Waals surface area contributed by atoms with Gasteiger partial charge in [-0.15, -0.1) is 0 Å². The maximum Gasteiger partial charge on any atom is 0.282 e. The molecule has 0 saturated carbocycles. The van der Waals surface area contributed by atoms with Crippen LogP contribution in [0.5, 0.6) is 11.5 Å². The number of ether oxygens (including phenoxy) is 2. The lowest BCUT2D eigenvalue weighted by Crippen LogP contribution is -2.22. The summed E-state index contributed by atoms with van der Waals surface area (Å²) >= 11 is 15.7. The third-order valence-corrected chi connectivity index (χ3v) is 6.03. The van der Waals surface area contributed by atoms with Gasteiger partial charge in [0.1, 0.15) is 12.4 Å². The van der Waals surface area contributed by atoms with Crippen molar-refractivity contribution in [3.8, 4) is 11.5 Å². The average Bonchev–Trinajstić information content (AvgIpc) is 2.83. The second-order valence-corrected chi connectivity index (χ2v) is 9.13. The largest absolute Gasteiger partial charge is 0.493 e. The van der Waals surface area contributed by atoms with Crippen LogP contribution in [-0.4, -0.2) is 23.0 Å². The Labute approximate surface area is 214 Å². The molecule has 0 fully saturated rings. The number of fused-ring (bicyclic) bond motifs is 1. The van der Waals surface area contributed by atoms with Gasteiger partial charge < -0.3 is 9.47 Å². The highest BCUT2D eigenvalue weighted by molar-refractivity contribution is 9.10. The Morgan fingerprint density at radius 1 is 1.09 bits per heavy atom. The van der Waals surface area contributed by atoms with Gasteiger partial charge in [0.05, 0.1) is 24.2 Å². The standard InChI is InChI=1S/C25H20BrCl2N3O3/c1-3-23-30-21-9-6-17(26)11-20(21)25(32)31(23)29-13-16-10-19(28)12-22(33-2)24(16)34-14-15-4-7-18(27)8-5-15/h4-13H,3,14H2,1-2H3. The van der Waals surface area contributed by atoms with E-state index in [1.54, 1.807) is 36.4 Å². The van der Waals surface area contributed by atoms with Gasteiger partial charge in [-0.05, 0) is 42.0 Å². The van der Waals surface area contributed by atoms with Crippen molar-refractivity contribution < 1.29 is 9.47 Å². The van der Waals surface area contributed by atoms with Gasteiger partial charge in [-0.2, -0.15) is 9.78 Å². The smallest absolute Gasteiger partial charge is 0.282 e. The van der Waals surface area contributed by atoms with E-state index in [1.807, 2.05) is 25.1 Å². The second kappa shape index (κ2) is 10.6. The topological polar surface area (TPSA) is 65.7 Å². The number of hydrogen-bond donors (Lipinski definition) is 0. The van der Waals surface area contributed by atoms with Crippen molar-refractivity contribution in [1.29, 1.82) is 0 Å². The Bertz CT molecular complexity index is 1440. The molecule has 3 aromatic carbocycles. The normalized spacial score (nSPS) is 11.3. The molecular weight excluding hydrogens is 541 g/mol. The predicted octanol–water partition coefficient (Wildman–Crippen LogP) is 6.50. The van der Waals surface area contributed by atoms with E-state index in [2.05, 4.69) is 26.0 Å². The van der Waals surface area contributed by atoms with Gasteiger partial charge in [0, 0.05) is 32.6 Å². The summed E-state index contributed by atoms with van der Waals surface area (Å²) in [6.45, 7) is 2.20. The van der Waals surface area contributed by atoms with Crippen molar-refractivity contribution >= 4 is 56.2 Å². The molecule has 4 aromatic rings. The van der Waals surface area contributed by atoms with Crippen molar-refractivity contribution in [3.63, 3.8) is 0 Å². The number of rotatable bonds is 7. The van der Waals surface area contributed by atoms with E-state index >= 15 is 0 Å². The number of nitrogens with zero attached hydrogens (tertiary/aromatic N) is 3. The fraction of sp³-hybridized carbons (Fsp3) is 0.160. The second-order valence-electron chi connectivity index (χ2n) is 7.35. The highest BCUT2D eigenvalue weighted by Gasteiger charge is 2.14. The zero-order chi connectivity index (χ0) is 24.2. The predicted molar refractivity (Wildman–Crippen MR) is 140 cm³/mol. The first-order valence-corrected chi connectivity index (χ1v) is 11.9. The fourth-order valence-electron chi connectivity index (χ4n) is 3.39. The van der Waals surface area contributed by atoms with Crippen LogP contribution in [0.1, 0.15) is 23.9 Å². The molecule has 0 atom stereocenters. The lowest BCUT2D eigenvalue weighted by molar-refractivity contribution is 0.284. The van der Waals surface area contributed by atoms with Crippen molar-refractivity contribution in [1.82, 2.24) is 9.66 Å². The Morgan fingerprint density at radius 3 is 2.56 bits per heavy atom. The van der Waals surface area contributed by atoms with E-state index in [-0.39, 0.29) is 12.2 Å². The molecule has 0 aliphatic carbocycles. The molecule has 9 heteroatoms. The van der Waals surface area contributed by atoms with Crippen molar-refractivity contribution in [2.45, 2.75) is 20.0 Å². The van der Waals surface area contributed by atoms with Crippen molar-refractivity contribution in [2.75, 3.05) is 7.11 Å². The molecule has 34 heavy (non-hydrogen) atoms. The Hall–Kier alpha value is -2.87. The van der Waals surface area contributed by atoms with Crippen LogP contribution in [0.25, 0.3) is 10.9 Å². The lowest BCUT2D eigenvalue weighted by Gasteiger charge is -2.14. The molecule has 0 amide bonds. The molecule has 6 nitrogen and oxygen atoms in total. The minimum absolute atomic E-state index is 0.267. The molecule has 0 bridgehead atoms. The van der Waals surface area contributed by atoms with Crippen LogP contribution in [0.4, 0.5) is 0 Å². The molecule has 1 aromatic heterocycles. The summed E-state index contributed by atoms with van der Waals surface area (Å²) in [6, 6.07) is 16.1. The molecule has 1 heterocycles. The van der Waals surface area contributed by atoms with Gasteiger partial charge in [0.15, 0.2) is 11.5 Å². The van der Waals surface area contributed by atoms with Crippen LogP contribution in [-0.2, 0) is 13.0 Å². The number of halogens is 3. The van der Waals surface area contributed by atoms with Gasteiger partial charge in [-0.3, -0.25) is 4.79 Å². The van der Waals surface area contributed by atoms with E-state index in [0.717, 1.165) is 10.0 Å². The minimum Gasteiger partial charge on any atom is -0.493 e. The van der Waals surface area contributed by atoms with Gasteiger partial charge in [-0.25, -0.2) is 4.98 Å². The number of aromatic nitrogens is 2. The van der Waals surface area contributed by atoms with Gasteiger partial charge in [-0.1, -0.05) is 58.2 Å². The third kappa shape index (κ3) is 5.27. The number of hydrogen-bond acceptors (Lipinski definition) is 5. The van der Waals surface area contributed by atoms with Crippen LogP contribution < -0.4 is 15.0 Å². The van der Waals surface area contributed by atoms with Crippen LogP contribution in [0.15, 0.2) is 69.0 Å². The molecule has 0 N–H and O–H groups in total. The fourth-order valence-corrected chi connectivity index (χ4v) is 4.09. The Morgan fingerprint density at radius 2 is 1.85 bits per heavy atom. The number of benzene rings is 3. The first kappa shape index (κ1) is 24.3. The molecule has 0 radical (unpaired) electrons. The molecule has 4 rings (SSSR count). The molecule has 0 aliphatic heterocycles. The van der Waals surface area contributed by atoms with Crippen LogP contribution in [0.2, 0.25) is 10.0 Å². The van der Waals surface area contributed by atoms with E-state index < -0.39 is 0 Å². The monoisotopic (exact) mass is 559 g/mol. The number of aryl methyl sites for hydroxylation is 1. The molecule has 0 spiro atoms. The Balaban J connectivity index is 1.76. The zero-order valence-electron chi connectivity index (χ0n) is 18.4. The van der Waals surface area contributed by atoms with Crippen molar-refractivity contribution in [3.05, 3.63) is 96.4 Å². The lowest BCUT2D eigenvalue weighted by atomic mass is 10.2. The van der Waals surface area contributed by atoms with Crippen LogP contribution in [0, 0.1) is 0 Å². The summed E-state index contributed by atoms with van der Waals surface area (Å²) in [5.74, 6) is 1.44. The molecule has 0 saturated heterocycles. The zero-order valence-corrected chi connectivity index (χ0v) is 21.5.